The van der Waals surface area contributed by atoms with Crippen molar-refractivity contribution in [3.8, 4) is 11.5 Å². The van der Waals surface area contributed by atoms with Gasteiger partial charge >= 0.3 is 6.18 Å². The van der Waals surface area contributed by atoms with Crippen molar-refractivity contribution in [1.29, 1.82) is 0 Å². The third-order valence-corrected chi connectivity index (χ3v) is 5.52. The van der Waals surface area contributed by atoms with E-state index in [2.05, 4.69) is 0 Å². The average molecular weight is 457 g/mol. The second kappa shape index (κ2) is 10.4. The van der Waals surface area contributed by atoms with Crippen molar-refractivity contribution in [2.24, 2.45) is 0 Å². The molecule has 33 heavy (non-hydrogen) atoms. The Morgan fingerprint density at radius 3 is 2.12 bits per heavy atom. The van der Waals surface area contributed by atoms with E-state index >= 15 is 0 Å². The molecule has 0 saturated heterocycles. The smallest absolute Gasteiger partial charge is 0.416 e. The van der Waals surface area contributed by atoms with E-state index in [0.29, 0.717) is 29.2 Å². The molecule has 3 aromatic carbocycles. The van der Waals surface area contributed by atoms with Crippen LogP contribution in [0.25, 0.3) is 0 Å². The molecule has 0 bridgehead atoms. The Morgan fingerprint density at radius 1 is 0.909 bits per heavy atom. The van der Waals surface area contributed by atoms with Crippen LogP contribution in [-0.2, 0) is 17.4 Å². The maximum atomic E-state index is 13.5. The predicted molar refractivity (Wildman–Crippen MR) is 122 cm³/mol. The molecule has 0 aliphatic carbocycles. The molecular weight excluding hydrogens is 431 g/mol. The van der Waals surface area contributed by atoms with E-state index in [9.17, 15) is 18.0 Å². The molecular formula is C26H26F3NO3. The maximum Gasteiger partial charge on any atom is 0.416 e. The normalized spacial score (nSPS) is 12.2. The Bertz CT molecular complexity index is 1070. The van der Waals surface area contributed by atoms with Crippen LogP contribution >= 0.6 is 0 Å². The lowest BCUT2D eigenvalue weighted by Gasteiger charge is -2.27. The molecule has 3 rings (SSSR count). The second-order valence-corrected chi connectivity index (χ2v) is 7.61. The molecule has 0 aliphatic rings. The van der Waals surface area contributed by atoms with E-state index in [4.69, 9.17) is 9.47 Å². The molecule has 0 heterocycles. The first-order chi connectivity index (χ1) is 15.7. The summed E-state index contributed by atoms with van der Waals surface area (Å²) in [5, 5.41) is 0. The molecule has 1 atom stereocenters. The minimum atomic E-state index is -4.38. The minimum Gasteiger partial charge on any atom is -0.493 e. The molecule has 4 nitrogen and oxygen atoms in total. The fraction of sp³-hybridized carbons (Fsp3) is 0.269. The lowest BCUT2D eigenvalue weighted by molar-refractivity contribution is -0.137. The zero-order valence-corrected chi connectivity index (χ0v) is 18.7. The molecule has 0 N–H and O–H groups in total. The van der Waals surface area contributed by atoms with Crippen molar-refractivity contribution in [1.82, 2.24) is 0 Å². The van der Waals surface area contributed by atoms with Crippen molar-refractivity contribution in [3.05, 3.63) is 89.5 Å². The van der Waals surface area contributed by atoms with Crippen molar-refractivity contribution in [2.45, 2.75) is 25.4 Å². The number of carbonyl (C=O) groups is 1. The Labute approximate surface area is 191 Å². The topological polar surface area (TPSA) is 38.8 Å². The summed E-state index contributed by atoms with van der Waals surface area (Å²) in [5.41, 5.74) is 1.50. The summed E-state index contributed by atoms with van der Waals surface area (Å²) in [7, 11) is 3.05. The number of methoxy groups -OCH3 is 2. The quantitative estimate of drug-likeness (QED) is 0.410. The summed E-state index contributed by atoms with van der Waals surface area (Å²) >= 11 is 0. The highest BCUT2D eigenvalue weighted by molar-refractivity contribution is 5.98. The summed E-state index contributed by atoms with van der Waals surface area (Å²) < 4.78 is 49.3. The number of alkyl halides is 3. The van der Waals surface area contributed by atoms with Crippen LogP contribution in [0.4, 0.5) is 18.9 Å². The lowest BCUT2D eigenvalue weighted by atomic mass is 9.99. The Morgan fingerprint density at radius 2 is 1.55 bits per heavy atom. The molecule has 1 amide bonds. The monoisotopic (exact) mass is 457 g/mol. The van der Waals surface area contributed by atoms with Crippen LogP contribution in [0.1, 0.15) is 29.5 Å². The van der Waals surface area contributed by atoms with Gasteiger partial charge < -0.3 is 14.4 Å². The van der Waals surface area contributed by atoms with Crippen molar-refractivity contribution in [2.75, 3.05) is 25.7 Å². The Kier molecular flexibility index (Phi) is 7.63. The van der Waals surface area contributed by atoms with E-state index in [1.165, 1.54) is 26.4 Å². The lowest BCUT2D eigenvalue weighted by Crippen LogP contribution is -2.36. The third kappa shape index (κ3) is 5.86. The number of ether oxygens (including phenoxy) is 2. The van der Waals surface area contributed by atoms with Crippen LogP contribution < -0.4 is 14.4 Å². The van der Waals surface area contributed by atoms with E-state index in [1.54, 1.807) is 23.1 Å². The van der Waals surface area contributed by atoms with Gasteiger partial charge in [-0.05, 0) is 48.7 Å². The number of nitrogens with zero attached hydrogens (tertiary/aromatic N) is 1. The van der Waals surface area contributed by atoms with Crippen LogP contribution in [0.5, 0.6) is 11.5 Å². The molecule has 0 radical (unpaired) electrons. The van der Waals surface area contributed by atoms with Crippen molar-refractivity contribution >= 4 is 11.6 Å². The largest absolute Gasteiger partial charge is 0.493 e. The highest BCUT2D eigenvalue weighted by Crippen LogP contribution is 2.33. The van der Waals surface area contributed by atoms with E-state index in [1.807, 2.05) is 37.3 Å². The Balaban J connectivity index is 1.89. The van der Waals surface area contributed by atoms with Crippen LogP contribution in [0.15, 0.2) is 72.8 Å². The highest BCUT2D eigenvalue weighted by atomic mass is 19.4. The third-order valence-electron chi connectivity index (χ3n) is 5.52. The number of carbonyl (C=O) groups excluding carboxylic acids is 1. The first-order valence-electron chi connectivity index (χ1n) is 10.5. The van der Waals surface area contributed by atoms with Gasteiger partial charge in [-0.3, -0.25) is 4.79 Å². The molecule has 0 fully saturated rings. The van der Waals surface area contributed by atoms with Gasteiger partial charge in [0.2, 0.25) is 5.91 Å². The SMILES string of the molecule is COc1ccc(N(CCc2ccc(C(F)(F)F)cc2)C(=O)C(C)c2ccccc2)cc1OC. The number of halogens is 3. The molecule has 0 aromatic heterocycles. The molecule has 1 unspecified atom stereocenters. The van der Waals surface area contributed by atoms with Gasteiger partial charge in [-0.2, -0.15) is 13.2 Å². The average Bonchev–Trinajstić information content (AvgIpc) is 2.83. The van der Waals surface area contributed by atoms with Gasteiger partial charge in [0.1, 0.15) is 0 Å². The summed E-state index contributed by atoms with van der Waals surface area (Å²) in [6, 6.07) is 19.7. The maximum absolute atomic E-state index is 13.5. The molecule has 0 spiro atoms. The van der Waals surface area contributed by atoms with Crippen molar-refractivity contribution < 1.29 is 27.4 Å². The number of hydrogen-bond acceptors (Lipinski definition) is 3. The molecule has 0 saturated carbocycles. The van der Waals surface area contributed by atoms with Gasteiger partial charge in [0.15, 0.2) is 11.5 Å². The standard InChI is InChI=1S/C26H26F3NO3/c1-18(20-7-5-4-6-8-20)25(31)30(22-13-14-23(32-2)24(17-22)33-3)16-15-19-9-11-21(12-10-19)26(27,28)29/h4-14,17-18H,15-16H2,1-3H3. The molecule has 7 heteroatoms. The zero-order chi connectivity index (χ0) is 24.0. The van der Waals surface area contributed by atoms with Gasteiger partial charge in [-0.25, -0.2) is 0 Å². The number of hydrogen-bond donors (Lipinski definition) is 0. The summed E-state index contributed by atoms with van der Waals surface area (Å²) in [6.07, 6.45) is -4.00. The fourth-order valence-corrected chi connectivity index (χ4v) is 3.58. The van der Waals surface area contributed by atoms with Gasteiger partial charge in [-0.1, -0.05) is 42.5 Å². The molecule has 3 aromatic rings. The minimum absolute atomic E-state index is 0.125. The van der Waals surface area contributed by atoms with Gasteiger partial charge in [-0.15, -0.1) is 0 Å². The first-order valence-corrected chi connectivity index (χ1v) is 10.5. The van der Waals surface area contributed by atoms with Crippen LogP contribution in [0.2, 0.25) is 0 Å². The van der Waals surface area contributed by atoms with Crippen molar-refractivity contribution in [3.63, 3.8) is 0 Å². The van der Waals surface area contributed by atoms with Gasteiger partial charge in [0, 0.05) is 18.3 Å². The first kappa shape index (κ1) is 24.2. The van der Waals surface area contributed by atoms with Gasteiger partial charge in [0.25, 0.3) is 0 Å². The van der Waals surface area contributed by atoms with E-state index in [-0.39, 0.29) is 12.5 Å². The van der Waals surface area contributed by atoms with E-state index < -0.39 is 17.7 Å². The predicted octanol–water partition coefficient (Wildman–Crippen LogP) is 6.10. The number of amides is 1. The fourth-order valence-electron chi connectivity index (χ4n) is 3.58. The molecule has 0 aliphatic heterocycles. The van der Waals surface area contributed by atoms with E-state index in [0.717, 1.165) is 17.7 Å². The summed E-state index contributed by atoms with van der Waals surface area (Å²) in [6.45, 7) is 2.13. The zero-order valence-electron chi connectivity index (χ0n) is 18.7. The summed E-state index contributed by atoms with van der Waals surface area (Å²) in [4.78, 5) is 15.1. The van der Waals surface area contributed by atoms with Crippen LogP contribution in [0, 0.1) is 0 Å². The highest BCUT2D eigenvalue weighted by Gasteiger charge is 2.30. The van der Waals surface area contributed by atoms with Gasteiger partial charge in [0.05, 0.1) is 25.7 Å². The number of benzene rings is 3. The molecule has 174 valence electrons. The Hall–Kier alpha value is -3.48. The summed E-state index contributed by atoms with van der Waals surface area (Å²) in [5.74, 6) is 0.481. The van der Waals surface area contributed by atoms with Crippen LogP contribution in [0.3, 0.4) is 0 Å². The van der Waals surface area contributed by atoms with Crippen LogP contribution in [-0.4, -0.2) is 26.7 Å². The number of anilines is 1. The number of rotatable bonds is 8. The second-order valence-electron chi connectivity index (χ2n) is 7.61.